The van der Waals surface area contributed by atoms with Crippen molar-refractivity contribution in [1.82, 2.24) is 0 Å². The van der Waals surface area contributed by atoms with Gasteiger partial charge < -0.3 is 43.7 Å². The highest BCUT2D eigenvalue weighted by Crippen LogP contribution is 2.66. The number of rotatable bonds is 13. The molecule has 13 heteroatoms. The van der Waals surface area contributed by atoms with Gasteiger partial charge in [-0.25, -0.2) is 0 Å². The number of esters is 4. The summed E-state index contributed by atoms with van der Waals surface area (Å²) in [6.07, 6.45) is 8.38. The van der Waals surface area contributed by atoms with Gasteiger partial charge in [0.2, 0.25) is 12.6 Å². The molecule has 0 aromatic heterocycles. The first-order valence-corrected chi connectivity index (χ1v) is 22.3. The monoisotopic (exact) mass is 913 g/mol. The Morgan fingerprint density at radius 1 is 0.547 bits per heavy atom. The Kier molecular flexibility index (Phi) is 17.8. The van der Waals surface area contributed by atoms with Crippen molar-refractivity contribution in [2.75, 3.05) is 13.2 Å². The number of aliphatic hydroxyl groups is 3. The zero-order valence-electron chi connectivity index (χ0n) is 35.5. The fourth-order valence-corrected chi connectivity index (χ4v) is 14.2. The van der Waals surface area contributed by atoms with Crippen molar-refractivity contribution in [2.45, 2.75) is 255 Å². The summed E-state index contributed by atoms with van der Waals surface area (Å²) in [5.41, 5.74) is -10.5. The Morgan fingerprint density at radius 2 is 1.00 bits per heavy atom. The summed E-state index contributed by atoms with van der Waals surface area (Å²) in [7, 11) is 0. The highest BCUT2D eigenvalue weighted by molar-refractivity contribution is 5.83. The second-order valence-corrected chi connectivity index (χ2v) is 22.2. The van der Waals surface area contributed by atoms with Gasteiger partial charge in [0.15, 0.2) is 0 Å². The Labute approximate surface area is 387 Å². The molecule has 0 spiro atoms. The lowest BCUT2D eigenvalue weighted by atomic mass is 9.46. The van der Waals surface area contributed by atoms with Crippen molar-refractivity contribution < 1.29 is 62.9 Å². The molecule has 10 fully saturated rings. The van der Waals surface area contributed by atoms with E-state index in [2.05, 4.69) is 0 Å². The number of hydrogen-bond acceptors (Lipinski definition) is 13. The molecule has 2 aliphatic heterocycles. The topological polar surface area (TPSA) is 184 Å². The summed E-state index contributed by atoms with van der Waals surface area (Å²) in [5.74, 6) is -2.08. The van der Waals surface area contributed by atoms with Crippen LogP contribution < -0.4 is 0 Å². The smallest absolute Gasteiger partial charge is 0.314 e. The number of hydrogen-bond donors (Lipinski definition) is 3. The van der Waals surface area contributed by atoms with Crippen LogP contribution in [0.25, 0.3) is 0 Å². The molecule has 0 radical (unpaired) electrons. The second kappa shape index (κ2) is 19.7. The maximum Gasteiger partial charge on any atom is 0.314 e. The second-order valence-electron chi connectivity index (χ2n) is 22.2. The van der Waals surface area contributed by atoms with E-state index in [9.17, 15) is 34.5 Å². The third kappa shape index (κ3) is 11.0. The molecule has 8 saturated carbocycles. The SMILES string of the molecule is C.C.C.C.C.C.CCC(C)(CC(C)(CC(C)(C)C(=O)OC1CCCCO1)C(=O)OC12CC3CC(O)(CC(O)(C3)C1)C2)C(=O)OC12CC3CC(O)(C1)CC(C(=O)OC1CCCCO1)(C3)C2. The van der Waals surface area contributed by atoms with Gasteiger partial charge in [-0.1, -0.05) is 51.5 Å². The van der Waals surface area contributed by atoms with Crippen molar-refractivity contribution in [2.24, 2.45) is 33.5 Å². The van der Waals surface area contributed by atoms with Gasteiger partial charge in [0.25, 0.3) is 0 Å². The molecule has 64 heavy (non-hydrogen) atoms. The lowest BCUT2D eigenvalue weighted by Crippen LogP contribution is -2.67. The van der Waals surface area contributed by atoms with Gasteiger partial charge >= 0.3 is 23.9 Å². The van der Waals surface area contributed by atoms with Crippen molar-refractivity contribution in [3.8, 4) is 0 Å². The van der Waals surface area contributed by atoms with Crippen LogP contribution in [0.2, 0.25) is 0 Å². The number of carbonyl (C=O) groups is 4. The zero-order valence-corrected chi connectivity index (χ0v) is 35.5. The summed E-state index contributed by atoms with van der Waals surface area (Å²) in [4.78, 5) is 57.7. The highest BCUT2D eigenvalue weighted by Gasteiger charge is 2.69. The van der Waals surface area contributed by atoms with Crippen molar-refractivity contribution in [1.29, 1.82) is 0 Å². The molecule has 0 amide bonds. The predicted molar refractivity (Wildman–Crippen MR) is 247 cm³/mol. The van der Waals surface area contributed by atoms with Crippen LogP contribution in [0.1, 0.15) is 214 Å². The van der Waals surface area contributed by atoms with Crippen LogP contribution >= 0.6 is 0 Å². The van der Waals surface area contributed by atoms with E-state index in [1.54, 1.807) is 27.7 Å². The van der Waals surface area contributed by atoms with Gasteiger partial charge in [0.1, 0.15) is 11.2 Å². The van der Waals surface area contributed by atoms with E-state index in [4.69, 9.17) is 28.4 Å². The van der Waals surface area contributed by atoms with E-state index in [0.717, 1.165) is 25.7 Å². The maximum atomic E-state index is 15.0. The molecule has 10 rings (SSSR count). The van der Waals surface area contributed by atoms with Gasteiger partial charge in [-0.3, -0.25) is 19.2 Å². The Morgan fingerprint density at radius 3 is 1.45 bits per heavy atom. The molecule has 374 valence electrons. The predicted octanol–water partition coefficient (Wildman–Crippen LogP) is 9.91. The highest BCUT2D eigenvalue weighted by atomic mass is 16.7. The van der Waals surface area contributed by atoms with Crippen LogP contribution in [0.4, 0.5) is 0 Å². The third-order valence-corrected chi connectivity index (χ3v) is 15.7. The minimum absolute atomic E-state index is 0. The first-order valence-electron chi connectivity index (χ1n) is 22.3. The fraction of sp³-hybridized carbons (Fsp3) is 0.922. The molecule has 3 N–H and O–H groups in total. The minimum atomic E-state index is -1.43. The molecular formula is C51H92O13. The molecule has 10 unspecified atom stereocenters. The zero-order chi connectivity index (χ0) is 41.6. The average Bonchev–Trinajstić information content (AvgIpc) is 3.09. The lowest BCUT2D eigenvalue weighted by molar-refractivity contribution is -0.265. The first-order chi connectivity index (χ1) is 27.0. The molecule has 2 heterocycles. The number of ether oxygens (including phenoxy) is 6. The summed E-state index contributed by atoms with van der Waals surface area (Å²) in [6, 6.07) is 0. The van der Waals surface area contributed by atoms with E-state index in [0.29, 0.717) is 64.6 Å². The third-order valence-electron chi connectivity index (χ3n) is 15.7. The molecule has 0 aromatic carbocycles. The van der Waals surface area contributed by atoms with Gasteiger partial charge in [0.05, 0.1) is 51.7 Å². The van der Waals surface area contributed by atoms with Gasteiger partial charge in [-0.2, -0.15) is 0 Å². The largest absolute Gasteiger partial charge is 0.458 e. The van der Waals surface area contributed by atoms with Crippen LogP contribution in [0, 0.1) is 33.5 Å². The van der Waals surface area contributed by atoms with Crippen LogP contribution in [0.5, 0.6) is 0 Å². The summed E-state index contributed by atoms with van der Waals surface area (Å²) >= 11 is 0. The molecule has 10 aliphatic rings. The lowest BCUT2D eigenvalue weighted by Gasteiger charge is -2.63. The molecule has 8 bridgehead atoms. The van der Waals surface area contributed by atoms with Gasteiger partial charge in [0, 0.05) is 44.9 Å². The van der Waals surface area contributed by atoms with Crippen LogP contribution in [-0.2, 0) is 47.6 Å². The summed E-state index contributed by atoms with van der Waals surface area (Å²) in [6.45, 7) is 9.87. The fourth-order valence-electron chi connectivity index (χ4n) is 14.2. The van der Waals surface area contributed by atoms with E-state index in [1.165, 1.54) is 0 Å². The standard InChI is InChI=1S/C45H68O13.6CH4/c1-6-38(4,34(47)57-44-19-29-15-40(24-44,23-41(50,16-29)26-44)36(49)56-32-12-8-10-14-54-32)22-39(5,21-37(2,3)33(46)55-31-11-7-9-13-53-31)35(48)58-45-20-30-17-42(51,27-45)25-43(52,18-30)28-45;;;;;;/h29-32,50-52H,6-28H2,1-5H3;6*1H4. The number of carbonyl (C=O) groups excluding carboxylic acids is 4. The van der Waals surface area contributed by atoms with Crippen molar-refractivity contribution in [3.63, 3.8) is 0 Å². The molecule has 10 atom stereocenters. The van der Waals surface area contributed by atoms with Crippen molar-refractivity contribution in [3.05, 3.63) is 0 Å². The Bertz CT molecular complexity index is 1630. The van der Waals surface area contributed by atoms with E-state index in [1.807, 2.05) is 6.92 Å². The summed E-state index contributed by atoms with van der Waals surface area (Å²) in [5, 5.41) is 35.0. The van der Waals surface area contributed by atoms with Gasteiger partial charge in [-0.15, -0.1) is 0 Å². The molecule has 0 aromatic rings. The van der Waals surface area contributed by atoms with Gasteiger partial charge in [-0.05, 0) is 129 Å². The van der Waals surface area contributed by atoms with Crippen LogP contribution in [0.3, 0.4) is 0 Å². The molecule has 13 nitrogen and oxygen atoms in total. The average molecular weight is 913 g/mol. The maximum absolute atomic E-state index is 15.0. The van der Waals surface area contributed by atoms with Crippen LogP contribution in [0.15, 0.2) is 0 Å². The Balaban J connectivity index is 0.00000235. The summed E-state index contributed by atoms with van der Waals surface area (Å²) < 4.78 is 36.4. The molecule has 8 aliphatic carbocycles. The molecule has 2 saturated heterocycles. The first kappa shape index (κ1) is 57.8. The Hall–Kier alpha value is -2.32. The van der Waals surface area contributed by atoms with E-state index >= 15 is 0 Å². The molecular weight excluding hydrogens is 821 g/mol. The quantitative estimate of drug-likeness (QED) is 0.117. The van der Waals surface area contributed by atoms with Crippen molar-refractivity contribution >= 4 is 23.9 Å². The minimum Gasteiger partial charge on any atom is -0.458 e. The normalized spacial score (nSPS) is 39.4. The van der Waals surface area contributed by atoms with E-state index in [-0.39, 0.29) is 114 Å². The van der Waals surface area contributed by atoms with E-state index < -0.39 is 86.1 Å². The van der Waals surface area contributed by atoms with Crippen LogP contribution in [-0.4, -0.2) is 93.0 Å².